The van der Waals surface area contributed by atoms with Gasteiger partial charge in [-0.05, 0) is 18.1 Å². The van der Waals surface area contributed by atoms with Crippen molar-refractivity contribution >= 4 is 11.8 Å². The van der Waals surface area contributed by atoms with Crippen LogP contribution in [0.5, 0.6) is 5.75 Å². The smallest absolute Gasteiger partial charge is 0.354 e. The number of carboxylic acids is 1. The van der Waals surface area contributed by atoms with Crippen molar-refractivity contribution in [3.8, 4) is 17.1 Å². The van der Waals surface area contributed by atoms with E-state index in [1.807, 2.05) is 18.2 Å². The molecule has 0 saturated carbocycles. The minimum Gasteiger partial charge on any atom is -0.497 e. The average Bonchev–Trinajstić information content (AvgIpc) is 2.52. The molecule has 6 heteroatoms. The number of methoxy groups -OCH3 is 1. The van der Waals surface area contributed by atoms with Gasteiger partial charge in [-0.1, -0.05) is 26.0 Å². The van der Waals surface area contributed by atoms with Gasteiger partial charge in [0.15, 0.2) is 11.5 Å². The van der Waals surface area contributed by atoms with Crippen molar-refractivity contribution in [1.82, 2.24) is 9.97 Å². The van der Waals surface area contributed by atoms with Crippen molar-refractivity contribution in [2.45, 2.75) is 13.8 Å². The monoisotopic (exact) mass is 301 g/mol. The fourth-order valence-corrected chi connectivity index (χ4v) is 1.85. The highest BCUT2D eigenvalue weighted by atomic mass is 16.5. The molecule has 0 bridgehead atoms. The summed E-state index contributed by atoms with van der Waals surface area (Å²) in [4.78, 5) is 19.7. The third-order valence-corrected chi connectivity index (χ3v) is 2.96. The van der Waals surface area contributed by atoms with Gasteiger partial charge >= 0.3 is 5.97 Å². The van der Waals surface area contributed by atoms with E-state index in [1.54, 1.807) is 13.2 Å². The zero-order valence-corrected chi connectivity index (χ0v) is 12.8. The molecule has 0 aliphatic carbocycles. The van der Waals surface area contributed by atoms with Crippen molar-refractivity contribution in [3.05, 3.63) is 36.0 Å². The molecule has 0 atom stereocenters. The zero-order valence-electron chi connectivity index (χ0n) is 12.8. The van der Waals surface area contributed by atoms with Crippen LogP contribution in [-0.2, 0) is 0 Å². The average molecular weight is 301 g/mol. The van der Waals surface area contributed by atoms with E-state index in [0.717, 1.165) is 0 Å². The van der Waals surface area contributed by atoms with Gasteiger partial charge in [0, 0.05) is 18.2 Å². The molecule has 0 unspecified atom stereocenters. The third kappa shape index (κ3) is 3.94. The first-order valence-corrected chi connectivity index (χ1v) is 7.00. The molecular weight excluding hydrogens is 282 g/mol. The van der Waals surface area contributed by atoms with Crippen LogP contribution in [0, 0.1) is 5.92 Å². The Morgan fingerprint density at radius 1 is 1.32 bits per heavy atom. The lowest BCUT2D eigenvalue weighted by molar-refractivity contribution is 0.0690. The van der Waals surface area contributed by atoms with E-state index in [9.17, 15) is 9.90 Å². The van der Waals surface area contributed by atoms with Gasteiger partial charge < -0.3 is 15.2 Å². The molecule has 0 fully saturated rings. The molecule has 1 aromatic carbocycles. The SMILES string of the molecule is COc1cccc(-c2nc(NCC(C)C)cc(C(=O)O)n2)c1. The fraction of sp³-hybridized carbons (Fsp3) is 0.312. The predicted octanol–water partition coefficient (Wildman–Crippen LogP) is 2.92. The summed E-state index contributed by atoms with van der Waals surface area (Å²) < 4.78 is 5.18. The Morgan fingerprint density at radius 3 is 2.73 bits per heavy atom. The highest BCUT2D eigenvalue weighted by molar-refractivity contribution is 5.87. The lowest BCUT2D eigenvalue weighted by Crippen LogP contribution is -2.12. The number of anilines is 1. The predicted molar refractivity (Wildman–Crippen MR) is 84.3 cm³/mol. The van der Waals surface area contributed by atoms with Gasteiger partial charge in [0.05, 0.1) is 7.11 Å². The summed E-state index contributed by atoms with van der Waals surface area (Å²) in [5.74, 6) is 0.852. The molecule has 22 heavy (non-hydrogen) atoms. The summed E-state index contributed by atoms with van der Waals surface area (Å²) in [6, 6.07) is 8.64. The quantitative estimate of drug-likeness (QED) is 0.853. The van der Waals surface area contributed by atoms with E-state index in [4.69, 9.17) is 4.74 Å². The van der Waals surface area contributed by atoms with Crippen LogP contribution in [0.2, 0.25) is 0 Å². The molecule has 6 nitrogen and oxygen atoms in total. The number of aromatic carboxylic acids is 1. The van der Waals surface area contributed by atoms with Crippen LogP contribution in [0.4, 0.5) is 5.82 Å². The van der Waals surface area contributed by atoms with Crippen molar-refractivity contribution in [2.24, 2.45) is 5.92 Å². The summed E-state index contributed by atoms with van der Waals surface area (Å²) >= 11 is 0. The van der Waals surface area contributed by atoms with Crippen LogP contribution in [-0.4, -0.2) is 34.7 Å². The van der Waals surface area contributed by atoms with Crippen LogP contribution >= 0.6 is 0 Å². The number of hydrogen-bond acceptors (Lipinski definition) is 5. The highest BCUT2D eigenvalue weighted by Gasteiger charge is 2.12. The molecule has 0 amide bonds. The first-order valence-electron chi connectivity index (χ1n) is 7.00. The number of hydrogen-bond donors (Lipinski definition) is 2. The first-order chi connectivity index (χ1) is 10.5. The molecule has 1 aromatic heterocycles. The van der Waals surface area contributed by atoms with Gasteiger partial charge in [-0.15, -0.1) is 0 Å². The number of ether oxygens (including phenoxy) is 1. The van der Waals surface area contributed by atoms with Crippen molar-refractivity contribution in [2.75, 3.05) is 19.0 Å². The standard InChI is InChI=1S/C16H19N3O3/c1-10(2)9-17-14-8-13(16(20)21)18-15(19-14)11-5-4-6-12(7-11)22-3/h4-8,10H,9H2,1-3H3,(H,20,21)(H,17,18,19). The summed E-state index contributed by atoms with van der Waals surface area (Å²) in [6.07, 6.45) is 0. The normalized spacial score (nSPS) is 10.5. The number of aromatic nitrogens is 2. The lowest BCUT2D eigenvalue weighted by Gasteiger charge is -2.11. The molecule has 1 heterocycles. The zero-order chi connectivity index (χ0) is 16.1. The number of benzene rings is 1. The number of carboxylic acid groups (broad SMARTS) is 1. The van der Waals surface area contributed by atoms with Crippen LogP contribution in [0.25, 0.3) is 11.4 Å². The van der Waals surface area contributed by atoms with E-state index < -0.39 is 5.97 Å². The van der Waals surface area contributed by atoms with Crippen LogP contribution < -0.4 is 10.1 Å². The maximum atomic E-state index is 11.3. The van der Waals surface area contributed by atoms with Gasteiger partial charge in [-0.3, -0.25) is 0 Å². The second kappa shape index (κ2) is 6.89. The van der Waals surface area contributed by atoms with Crippen LogP contribution in [0.15, 0.2) is 30.3 Å². The second-order valence-electron chi connectivity index (χ2n) is 5.27. The van der Waals surface area contributed by atoms with Crippen molar-refractivity contribution < 1.29 is 14.6 Å². The molecule has 2 N–H and O–H groups in total. The van der Waals surface area contributed by atoms with Gasteiger partial charge in [0.2, 0.25) is 0 Å². The van der Waals surface area contributed by atoms with E-state index in [0.29, 0.717) is 35.4 Å². The van der Waals surface area contributed by atoms with Gasteiger partial charge in [0.1, 0.15) is 11.6 Å². The number of carbonyl (C=O) groups is 1. The maximum absolute atomic E-state index is 11.3. The Labute approximate surface area is 129 Å². The van der Waals surface area contributed by atoms with E-state index in [-0.39, 0.29) is 5.69 Å². The molecule has 2 aromatic rings. The number of nitrogens with zero attached hydrogens (tertiary/aromatic N) is 2. The molecule has 0 aliphatic rings. The summed E-state index contributed by atoms with van der Waals surface area (Å²) in [5.41, 5.74) is 0.661. The Hall–Kier alpha value is -2.63. The topological polar surface area (TPSA) is 84.3 Å². The van der Waals surface area contributed by atoms with E-state index in [1.165, 1.54) is 6.07 Å². The number of nitrogens with one attached hydrogen (secondary N) is 1. The van der Waals surface area contributed by atoms with Crippen molar-refractivity contribution in [3.63, 3.8) is 0 Å². The lowest BCUT2D eigenvalue weighted by atomic mass is 10.2. The minimum absolute atomic E-state index is 0.0425. The van der Waals surface area contributed by atoms with Crippen LogP contribution in [0.3, 0.4) is 0 Å². The van der Waals surface area contributed by atoms with Gasteiger partial charge in [-0.25, -0.2) is 14.8 Å². The maximum Gasteiger partial charge on any atom is 0.354 e. The Bertz CT molecular complexity index is 671. The van der Waals surface area contributed by atoms with E-state index >= 15 is 0 Å². The molecule has 2 rings (SSSR count). The summed E-state index contributed by atoms with van der Waals surface area (Å²) in [6.45, 7) is 4.83. The van der Waals surface area contributed by atoms with E-state index in [2.05, 4.69) is 29.1 Å². The second-order valence-corrected chi connectivity index (χ2v) is 5.27. The van der Waals surface area contributed by atoms with Crippen LogP contribution in [0.1, 0.15) is 24.3 Å². The molecule has 0 spiro atoms. The Morgan fingerprint density at radius 2 is 2.09 bits per heavy atom. The molecule has 0 saturated heterocycles. The van der Waals surface area contributed by atoms with Crippen molar-refractivity contribution in [1.29, 1.82) is 0 Å². The van der Waals surface area contributed by atoms with Gasteiger partial charge in [-0.2, -0.15) is 0 Å². The Balaban J connectivity index is 2.42. The summed E-state index contributed by atoms with van der Waals surface area (Å²) in [7, 11) is 1.57. The highest BCUT2D eigenvalue weighted by Crippen LogP contribution is 2.22. The van der Waals surface area contributed by atoms with Gasteiger partial charge in [0.25, 0.3) is 0 Å². The molecule has 0 aliphatic heterocycles. The molecular formula is C16H19N3O3. The third-order valence-electron chi connectivity index (χ3n) is 2.96. The minimum atomic E-state index is -1.08. The fourth-order valence-electron chi connectivity index (χ4n) is 1.85. The Kier molecular flexibility index (Phi) is 4.93. The largest absolute Gasteiger partial charge is 0.497 e. The molecule has 116 valence electrons. The first kappa shape index (κ1) is 15.8. The number of rotatable bonds is 6. The molecule has 0 radical (unpaired) electrons. The summed E-state index contributed by atoms with van der Waals surface area (Å²) in [5, 5.41) is 12.3.